The Morgan fingerprint density at radius 2 is 1.62 bits per heavy atom. The van der Waals surface area contributed by atoms with E-state index >= 15 is 0 Å². The Labute approximate surface area is 341 Å². The first-order valence-corrected chi connectivity index (χ1v) is 25.2. The lowest BCUT2D eigenvalue weighted by atomic mass is 9.92. The summed E-state index contributed by atoms with van der Waals surface area (Å²) in [7, 11) is 0.333. The van der Waals surface area contributed by atoms with Crippen LogP contribution < -0.4 is 10.9 Å². The molecule has 56 heavy (non-hydrogen) atoms. The zero-order valence-electron chi connectivity index (χ0n) is 34.1. The van der Waals surface area contributed by atoms with E-state index in [1.807, 2.05) is 47.1 Å². The highest BCUT2D eigenvalue weighted by Gasteiger charge is 2.45. The van der Waals surface area contributed by atoms with Crippen LogP contribution in [0.2, 0.25) is 24.2 Å². The molecule has 0 amide bonds. The van der Waals surface area contributed by atoms with Gasteiger partial charge in [0.2, 0.25) is 11.2 Å². The number of hydrogen-bond donors (Lipinski definition) is 4. The van der Waals surface area contributed by atoms with Crippen molar-refractivity contribution in [1.82, 2.24) is 15.4 Å². The highest BCUT2D eigenvalue weighted by atomic mass is 32.1. The zero-order chi connectivity index (χ0) is 40.3. The van der Waals surface area contributed by atoms with Crippen LogP contribution in [-0.2, 0) is 24.7 Å². The third-order valence-corrected chi connectivity index (χ3v) is 19.5. The second-order valence-electron chi connectivity index (χ2n) is 16.9. The molecule has 308 valence electrons. The third-order valence-electron chi connectivity index (χ3n) is 11.9. The van der Waals surface area contributed by atoms with Gasteiger partial charge in [0, 0.05) is 37.7 Å². The molecule has 4 aromatic rings. The van der Waals surface area contributed by atoms with Gasteiger partial charge in [-0.3, -0.25) is 9.63 Å². The van der Waals surface area contributed by atoms with Crippen LogP contribution >= 0.6 is 22.7 Å². The fourth-order valence-electron chi connectivity index (χ4n) is 7.42. The molecule has 0 unspecified atom stereocenters. The maximum Gasteiger partial charge on any atom is 0.349 e. The minimum atomic E-state index is -1.77. The number of aromatic hydroxyl groups is 1. The first-order valence-electron chi connectivity index (χ1n) is 20.2. The largest absolute Gasteiger partial charge is 0.506 e. The Bertz CT molecular complexity index is 1820. The van der Waals surface area contributed by atoms with Gasteiger partial charge in [-0.2, -0.15) is 5.06 Å². The van der Waals surface area contributed by atoms with Crippen molar-refractivity contribution in [1.29, 1.82) is 0 Å². The Kier molecular flexibility index (Phi) is 15.9. The molecule has 4 N–H and O–H groups in total. The molecule has 10 nitrogen and oxygen atoms in total. The smallest absolute Gasteiger partial charge is 0.349 e. The predicted octanol–water partition coefficient (Wildman–Crippen LogP) is 8.77. The number of pyridine rings is 1. The quantitative estimate of drug-likeness (QED) is 0.0282. The molecule has 1 saturated carbocycles. The Morgan fingerprint density at radius 3 is 2.27 bits per heavy atom. The summed E-state index contributed by atoms with van der Waals surface area (Å²) in [5, 5.41) is 32.6. The number of phenolic OH excluding ortho intramolecular Hbond substituents is 1. The molecule has 0 aliphatic heterocycles. The van der Waals surface area contributed by atoms with E-state index < -0.39 is 19.6 Å². The average molecular weight is 826 g/mol. The van der Waals surface area contributed by atoms with Crippen LogP contribution in [0.25, 0.3) is 10.9 Å². The first kappa shape index (κ1) is 44.2. The van der Waals surface area contributed by atoms with Crippen LogP contribution in [0.15, 0.2) is 64.1 Å². The van der Waals surface area contributed by atoms with Crippen LogP contribution in [0, 0.1) is 0 Å². The monoisotopic (exact) mass is 825 g/mol. The number of nitrogens with one attached hydrogen (secondary N) is 2. The number of hydroxylamine groups is 2. The molecule has 0 saturated heterocycles. The normalized spacial score (nSPS) is 17.4. The molecule has 0 bridgehead atoms. The number of thiophene rings is 2. The number of H-pyrrole nitrogens is 1. The van der Waals surface area contributed by atoms with Crippen LogP contribution in [0.4, 0.5) is 0 Å². The number of ether oxygens (including phenoxy) is 2. The maximum atomic E-state index is 13.3. The summed E-state index contributed by atoms with van der Waals surface area (Å²) in [4.78, 5) is 35.3. The second kappa shape index (κ2) is 20.2. The molecule has 1 atom stereocenters. The second-order valence-corrected chi connectivity index (χ2v) is 24.5. The SMILES string of the molecule is CN(OCCOCCCCCCNC[C@H](C[Si](C)(C)C(C)(C)C)c1ccc(O)c2[nH]c(=O)ccc12)C1CCC(OC(=O)C(O)(c2cccs2)c2cccs2)CC1. The minimum absolute atomic E-state index is 0.108. The lowest BCUT2D eigenvalue weighted by Crippen LogP contribution is -2.42. The predicted molar refractivity (Wildman–Crippen MR) is 231 cm³/mol. The van der Waals surface area contributed by atoms with Crippen LogP contribution in [0.1, 0.15) is 93.4 Å². The first-order chi connectivity index (χ1) is 26.7. The van der Waals surface area contributed by atoms with Crippen molar-refractivity contribution in [2.45, 2.75) is 120 Å². The molecule has 1 fully saturated rings. The Balaban J connectivity index is 0.942. The topological polar surface area (TPSA) is 133 Å². The van der Waals surface area contributed by atoms with Gasteiger partial charge < -0.3 is 30.0 Å². The number of esters is 1. The third kappa shape index (κ3) is 11.4. The van der Waals surface area contributed by atoms with E-state index in [2.05, 4.69) is 44.2 Å². The van der Waals surface area contributed by atoms with Gasteiger partial charge in [-0.1, -0.05) is 64.9 Å². The lowest BCUT2D eigenvalue weighted by Gasteiger charge is -2.40. The van der Waals surface area contributed by atoms with Crippen molar-refractivity contribution in [2.24, 2.45) is 0 Å². The number of carbonyl (C=O) groups is 1. The lowest BCUT2D eigenvalue weighted by molar-refractivity contribution is -0.190. The average Bonchev–Trinajstić information content (AvgIpc) is 3.91. The van der Waals surface area contributed by atoms with Gasteiger partial charge >= 0.3 is 5.97 Å². The van der Waals surface area contributed by atoms with Crippen LogP contribution in [0.5, 0.6) is 5.75 Å². The number of aromatic amines is 1. The van der Waals surface area contributed by atoms with Crippen molar-refractivity contribution in [3.63, 3.8) is 0 Å². The molecule has 3 aromatic heterocycles. The molecular weight excluding hydrogens is 763 g/mol. The van der Waals surface area contributed by atoms with Gasteiger partial charge in [-0.05, 0) is 103 Å². The number of carbonyl (C=O) groups excluding carboxylic acids is 1. The van der Waals surface area contributed by atoms with E-state index in [1.165, 1.54) is 28.2 Å². The number of benzene rings is 1. The Hall–Kier alpha value is -2.88. The van der Waals surface area contributed by atoms with Gasteiger partial charge in [-0.15, -0.1) is 22.7 Å². The molecule has 0 radical (unpaired) electrons. The van der Waals surface area contributed by atoms with Crippen molar-refractivity contribution in [3.05, 3.63) is 85.0 Å². The van der Waals surface area contributed by atoms with E-state index in [4.69, 9.17) is 14.3 Å². The molecule has 1 aliphatic rings. The van der Waals surface area contributed by atoms with Gasteiger partial charge in [0.1, 0.15) is 11.9 Å². The molecule has 5 rings (SSSR count). The molecule has 3 heterocycles. The molecule has 0 spiro atoms. The van der Waals surface area contributed by atoms with E-state index in [9.17, 15) is 19.8 Å². The number of aromatic nitrogens is 1. The van der Waals surface area contributed by atoms with E-state index in [1.54, 1.807) is 24.3 Å². The van der Waals surface area contributed by atoms with Gasteiger partial charge in [0.05, 0.1) is 36.6 Å². The van der Waals surface area contributed by atoms with Gasteiger partial charge in [0.15, 0.2) is 0 Å². The summed E-state index contributed by atoms with van der Waals surface area (Å²) in [5.41, 5.74) is -0.284. The van der Waals surface area contributed by atoms with Crippen LogP contribution in [0.3, 0.4) is 0 Å². The number of phenols is 1. The number of nitrogens with zero attached hydrogens (tertiary/aromatic N) is 1. The van der Waals surface area contributed by atoms with Crippen molar-refractivity contribution in [2.75, 3.05) is 40.0 Å². The zero-order valence-corrected chi connectivity index (χ0v) is 36.7. The van der Waals surface area contributed by atoms with Gasteiger partial charge in [0.25, 0.3) is 0 Å². The van der Waals surface area contributed by atoms with Crippen molar-refractivity contribution < 1.29 is 29.3 Å². The summed E-state index contributed by atoms with van der Waals surface area (Å²) in [6.45, 7) is 15.5. The Morgan fingerprint density at radius 1 is 0.946 bits per heavy atom. The maximum absolute atomic E-state index is 13.3. The summed E-state index contributed by atoms with van der Waals surface area (Å²) >= 11 is 2.70. The van der Waals surface area contributed by atoms with E-state index in [0.29, 0.717) is 35.1 Å². The molecule has 1 aliphatic carbocycles. The number of fused-ring (bicyclic) bond motifs is 1. The highest BCUT2D eigenvalue weighted by molar-refractivity contribution is 7.12. The molecule has 13 heteroatoms. The molecular formula is C43H63N3O7S2Si. The molecule has 1 aromatic carbocycles. The van der Waals surface area contributed by atoms with E-state index in [0.717, 1.165) is 75.9 Å². The van der Waals surface area contributed by atoms with E-state index in [-0.39, 0.29) is 34.4 Å². The van der Waals surface area contributed by atoms with Crippen molar-refractivity contribution >= 4 is 47.6 Å². The number of unbranched alkanes of at least 4 members (excludes halogenated alkanes) is 3. The highest BCUT2D eigenvalue weighted by Crippen LogP contribution is 2.44. The standard InChI is InChI=1S/C43H63N3O7S2Si/c1-42(2,3)56(5,6)30-31(34-19-21-36(47)40-35(34)20-22-39(48)45-40)29-44-23-9-7-8-10-24-51-25-26-52-46(4)32-15-17-33(18-16-32)53-41(49)43(50,37-13-11-27-54-37)38-14-12-28-55-38/h11-14,19-22,27-28,31-33,44,47,50H,7-10,15-18,23-26,29-30H2,1-6H3,(H,45,48)/t31-,32?,33?/m1/s1. The fourth-order valence-corrected chi connectivity index (χ4v) is 11.3. The summed E-state index contributed by atoms with van der Waals surface area (Å²) < 4.78 is 11.8. The minimum Gasteiger partial charge on any atom is -0.506 e. The fraction of sp³-hybridized carbons (Fsp3) is 0.581. The summed E-state index contributed by atoms with van der Waals surface area (Å²) in [6, 6.07) is 15.7. The number of rotatable bonds is 21. The van der Waals surface area contributed by atoms with Crippen LogP contribution in [-0.4, -0.2) is 86.4 Å². The summed E-state index contributed by atoms with van der Waals surface area (Å²) in [6.07, 6.45) is 7.23. The summed E-state index contributed by atoms with van der Waals surface area (Å²) in [5.74, 6) is -0.218. The van der Waals surface area contributed by atoms with Gasteiger partial charge in [-0.25, -0.2) is 4.79 Å². The van der Waals surface area contributed by atoms with Crippen molar-refractivity contribution in [3.8, 4) is 5.75 Å². The number of hydrogen-bond acceptors (Lipinski definition) is 11. The number of aliphatic hydroxyl groups is 1.